The van der Waals surface area contributed by atoms with Crippen molar-refractivity contribution in [3.63, 3.8) is 0 Å². The van der Waals surface area contributed by atoms with Crippen molar-refractivity contribution in [2.75, 3.05) is 30.8 Å². The highest BCUT2D eigenvalue weighted by atomic mass is 35.5. The Morgan fingerprint density at radius 3 is 2.69 bits per heavy atom. The third-order valence-corrected chi connectivity index (χ3v) is 4.82. The van der Waals surface area contributed by atoms with E-state index in [0.29, 0.717) is 41.4 Å². The number of thioether (sulfide) groups is 1. The summed E-state index contributed by atoms with van der Waals surface area (Å²) in [4.78, 5) is 25.2. The zero-order valence-electron chi connectivity index (χ0n) is 15.6. The van der Waals surface area contributed by atoms with E-state index in [9.17, 15) is 4.79 Å². The molecule has 0 aliphatic carbocycles. The van der Waals surface area contributed by atoms with Gasteiger partial charge in [0, 0.05) is 25.7 Å². The van der Waals surface area contributed by atoms with Crippen LogP contribution in [0.2, 0.25) is 5.02 Å². The Morgan fingerprint density at radius 1 is 1.35 bits per heavy atom. The number of halogens is 1. The van der Waals surface area contributed by atoms with E-state index in [4.69, 9.17) is 16.3 Å². The second-order valence-corrected chi connectivity index (χ2v) is 8.39. The van der Waals surface area contributed by atoms with Gasteiger partial charge in [0.25, 0.3) is 0 Å². The lowest BCUT2D eigenvalue weighted by Gasteiger charge is -2.40. The third-order valence-electron chi connectivity index (χ3n) is 4.01. The molecule has 2 aromatic heterocycles. The smallest absolute Gasteiger partial charge is 0.410 e. The molecule has 1 saturated heterocycles. The summed E-state index contributed by atoms with van der Waals surface area (Å²) < 4.78 is 7.14. The molecule has 1 amide bonds. The maximum Gasteiger partial charge on any atom is 0.410 e. The maximum absolute atomic E-state index is 12.3. The molecule has 0 bridgehead atoms. The van der Waals surface area contributed by atoms with E-state index in [-0.39, 0.29) is 12.1 Å². The maximum atomic E-state index is 12.3. The summed E-state index contributed by atoms with van der Waals surface area (Å²) in [5, 5.41) is 5.44. The molecule has 1 aliphatic rings. The SMILES string of the molecule is CSc1nc(N2CCN(C(=O)OC(C)(C)C)C[C@@H]2C)n2ncc(Cl)c2n1. The average molecular weight is 399 g/mol. The first-order valence-corrected chi connectivity index (χ1v) is 9.99. The van der Waals surface area contributed by atoms with Crippen molar-refractivity contribution >= 4 is 41.1 Å². The number of aromatic nitrogens is 4. The fraction of sp³-hybridized carbons (Fsp3) is 0.625. The summed E-state index contributed by atoms with van der Waals surface area (Å²) in [5.74, 6) is 0.683. The number of anilines is 1. The van der Waals surface area contributed by atoms with E-state index in [1.807, 2.05) is 34.0 Å². The molecular weight excluding hydrogens is 376 g/mol. The van der Waals surface area contributed by atoms with E-state index in [1.165, 1.54) is 11.8 Å². The van der Waals surface area contributed by atoms with Gasteiger partial charge in [0.15, 0.2) is 10.8 Å². The summed E-state index contributed by atoms with van der Waals surface area (Å²) in [7, 11) is 0. The van der Waals surface area contributed by atoms with E-state index >= 15 is 0 Å². The standard InChI is InChI=1S/C16H23ClN6O2S/c1-10-9-21(15(24)25-16(2,3)4)6-7-22(10)14-20-13(26-5)19-12-11(17)8-18-23(12)14/h8,10H,6-7,9H2,1-5H3/t10-/m0/s1. The van der Waals surface area contributed by atoms with Gasteiger partial charge in [0.2, 0.25) is 5.95 Å². The Bertz CT molecular complexity index is 821. The minimum absolute atomic E-state index is 0.0482. The second kappa shape index (κ2) is 7.11. The van der Waals surface area contributed by atoms with Crippen molar-refractivity contribution in [3.05, 3.63) is 11.2 Å². The van der Waals surface area contributed by atoms with Crippen molar-refractivity contribution in [1.82, 2.24) is 24.5 Å². The van der Waals surface area contributed by atoms with E-state index in [0.717, 1.165) is 0 Å². The number of nitrogens with zero attached hydrogens (tertiary/aromatic N) is 6. The molecule has 3 rings (SSSR count). The van der Waals surface area contributed by atoms with Crippen molar-refractivity contribution in [2.24, 2.45) is 0 Å². The zero-order chi connectivity index (χ0) is 19.1. The Hall–Kier alpha value is -1.74. The lowest BCUT2D eigenvalue weighted by molar-refractivity contribution is 0.0218. The highest BCUT2D eigenvalue weighted by Crippen LogP contribution is 2.25. The molecule has 0 aromatic carbocycles. The fourth-order valence-corrected chi connectivity index (χ4v) is 3.36. The summed E-state index contributed by atoms with van der Waals surface area (Å²) >= 11 is 7.66. The highest BCUT2D eigenvalue weighted by Gasteiger charge is 2.32. The lowest BCUT2D eigenvalue weighted by Crippen LogP contribution is -2.55. The topological polar surface area (TPSA) is 75.9 Å². The normalized spacial score (nSPS) is 18.5. The molecule has 142 valence electrons. The van der Waals surface area contributed by atoms with Crippen LogP contribution in [-0.4, -0.2) is 68.1 Å². The summed E-state index contributed by atoms with van der Waals surface area (Å²) in [5.41, 5.74) is 0.0813. The third kappa shape index (κ3) is 3.83. The summed E-state index contributed by atoms with van der Waals surface area (Å²) in [6.07, 6.45) is 3.20. The van der Waals surface area contributed by atoms with Gasteiger partial charge in [0.1, 0.15) is 10.6 Å². The highest BCUT2D eigenvalue weighted by molar-refractivity contribution is 7.98. The predicted molar refractivity (Wildman–Crippen MR) is 102 cm³/mol. The number of amides is 1. The number of hydrogen-bond donors (Lipinski definition) is 0. The minimum Gasteiger partial charge on any atom is -0.444 e. The molecule has 0 radical (unpaired) electrons. The lowest BCUT2D eigenvalue weighted by atomic mass is 10.2. The fourth-order valence-electron chi connectivity index (χ4n) is 2.84. The van der Waals surface area contributed by atoms with E-state index in [1.54, 1.807) is 15.6 Å². The van der Waals surface area contributed by atoms with Gasteiger partial charge in [-0.15, -0.1) is 0 Å². The van der Waals surface area contributed by atoms with Crippen molar-refractivity contribution < 1.29 is 9.53 Å². The van der Waals surface area contributed by atoms with Crippen LogP contribution < -0.4 is 4.90 Å². The Morgan fingerprint density at radius 2 is 2.08 bits per heavy atom. The zero-order valence-corrected chi connectivity index (χ0v) is 17.1. The summed E-state index contributed by atoms with van der Waals surface area (Å²) in [6.45, 7) is 9.37. The molecule has 10 heteroatoms. The van der Waals surface area contributed by atoms with Crippen LogP contribution in [0.3, 0.4) is 0 Å². The number of carbonyl (C=O) groups is 1. The van der Waals surface area contributed by atoms with E-state index < -0.39 is 5.60 Å². The average Bonchev–Trinajstić information content (AvgIpc) is 2.94. The molecule has 0 spiro atoms. The van der Waals surface area contributed by atoms with Crippen molar-refractivity contribution in [3.8, 4) is 0 Å². The van der Waals surface area contributed by atoms with Crippen LogP contribution in [0.4, 0.5) is 10.7 Å². The monoisotopic (exact) mass is 398 g/mol. The van der Waals surface area contributed by atoms with Crippen LogP contribution >= 0.6 is 23.4 Å². The Labute approximate surface area is 161 Å². The molecule has 1 aliphatic heterocycles. The molecule has 0 saturated carbocycles. The molecule has 1 fully saturated rings. The first-order valence-electron chi connectivity index (χ1n) is 8.39. The van der Waals surface area contributed by atoms with Crippen molar-refractivity contribution in [1.29, 1.82) is 0 Å². The number of piperazine rings is 1. The molecule has 3 heterocycles. The van der Waals surface area contributed by atoms with Crippen LogP contribution in [0, 0.1) is 0 Å². The largest absolute Gasteiger partial charge is 0.444 e. The first-order chi connectivity index (χ1) is 12.2. The second-order valence-electron chi connectivity index (χ2n) is 7.21. The van der Waals surface area contributed by atoms with Crippen LogP contribution in [0.1, 0.15) is 27.7 Å². The Kier molecular flexibility index (Phi) is 5.21. The van der Waals surface area contributed by atoms with Gasteiger partial charge in [-0.05, 0) is 34.0 Å². The van der Waals surface area contributed by atoms with Crippen LogP contribution in [-0.2, 0) is 4.74 Å². The molecule has 0 unspecified atom stereocenters. The number of fused-ring (bicyclic) bond motifs is 1. The minimum atomic E-state index is -0.505. The van der Waals surface area contributed by atoms with Crippen LogP contribution in [0.25, 0.3) is 5.65 Å². The van der Waals surface area contributed by atoms with Gasteiger partial charge in [-0.1, -0.05) is 23.4 Å². The van der Waals surface area contributed by atoms with Gasteiger partial charge in [-0.3, -0.25) is 0 Å². The van der Waals surface area contributed by atoms with Crippen LogP contribution in [0.15, 0.2) is 11.4 Å². The molecule has 0 N–H and O–H groups in total. The molecule has 8 nitrogen and oxygen atoms in total. The molecule has 1 atom stereocenters. The Balaban J connectivity index is 1.84. The number of rotatable bonds is 2. The van der Waals surface area contributed by atoms with Crippen molar-refractivity contribution in [2.45, 2.75) is 44.5 Å². The number of hydrogen-bond acceptors (Lipinski definition) is 7. The van der Waals surface area contributed by atoms with Crippen LogP contribution in [0.5, 0.6) is 0 Å². The molecule has 26 heavy (non-hydrogen) atoms. The summed E-state index contributed by atoms with van der Waals surface area (Å²) in [6, 6.07) is 0.0482. The van der Waals surface area contributed by atoms with Gasteiger partial charge in [-0.25, -0.2) is 9.78 Å². The number of carbonyl (C=O) groups excluding carboxylic acids is 1. The van der Waals surface area contributed by atoms with Gasteiger partial charge < -0.3 is 14.5 Å². The van der Waals surface area contributed by atoms with E-state index in [2.05, 4.69) is 20.0 Å². The quantitative estimate of drug-likeness (QED) is 0.720. The van der Waals surface area contributed by atoms with Gasteiger partial charge in [0.05, 0.1) is 6.20 Å². The molecule has 2 aromatic rings. The molecular formula is C16H23ClN6O2S. The first kappa shape index (κ1) is 19.0. The van der Waals surface area contributed by atoms with Gasteiger partial charge in [-0.2, -0.15) is 14.6 Å². The van der Waals surface area contributed by atoms with Gasteiger partial charge >= 0.3 is 6.09 Å². The number of ether oxygens (including phenoxy) is 1. The predicted octanol–water partition coefficient (Wildman–Crippen LogP) is 2.95.